The molecule has 5 heteroatoms. The Morgan fingerprint density at radius 3 is 2.88 bits per heavy atom. The maximum atomic E-state index is 12.5. The molecule has 1 fully saturated rings. The summed E-state index contributed by atoms with van der Waals surface area (Å²) in [6, 6.07) is 7.62. The number of rotatable bonds is 7. The van der Waals surface area contributed by atoms with Crippen LogP contribution in [-0.4, -0.2) is 36.3 Å². The van der Waals surface area contributed by atoms with Crippen LogP contribution >= 0.6 is 11.6 Å². The smallest absolute Gasteiger partial charge is 0.224 e. The molecule has 1 N–H and O–H groups in total. The Bertz CT molecular complexity index is 562. The van der Waals surface area contributed by atoms with Crippen LogP contribution in [0, 0.1) is 5.92 Å². The highest BCUT2D eigenvalue weighted by molar-refractivity contribution is 6.31. The molecule has 1 saturated heterocycles. The molecule has 132 valence electrons. The number of halogens is 1. The third-order valence-corrected chi connectivity index (χ3v) is 4.91. The number of likely N-dealkylation sites (tertiary alicyclic amines) is 1. The van der Waals surface area contributed by atoms with Crippen molar-refractivity contribution in [3.8, 4) is 0 Å². The van der Waals surface area contributed by atoms with E-state index in [-0.39, 0.29) is 17.7 Å². The first kappa shape index (κ1) is 18.8. The summed E-state index contributed by atoms with van der Waals surface area (Å²) in [5, 5.41) is 3.69. The fraction of sp³-hybridized carbons (Fsp3) is 0.579. The normalized spacial score (nSPS) is 17.6. The SMILES string of the molecule is CCCCNC(=O)C1CCCN(C(=O)CCc2ccccc2Cl)C1. The molecular weight excluding hydrogens is 324 g/mol. The molecule has 1 atom stereocenters. The van der Waals surface area contributed by atoms with E-state index in [1.807, 2.05) is 29.2 Å². The zero-order chi connectivity index (χ0) is 17.4. The van der Waals surface area contributed by atoms with Crippen LogP contribution in [0.5, 0.6) is 0 Å². The second-order valence-electron chi connectivity index (χ2n) is 6.41. The van der Waals surface area contributed by atoms with E-state index in [0.29, 0.717) is 24.4 Å². The highest BCUT2D eigenvalue weighted by Gasteiger charge is 2.27. The van der Waals surface area contributed by atoms with E-state index in [2.05, 4.69) is 12.2 Å². The van der Waals surface area contributed by atoms with E-state index in [0.717, 1.165) is 44.3 Å². The molecule has 1 aromatic carbocycles. The first-order valence-corrected chi connectivity index (χ1v) is 9.28. The standard InChI is InChI=1S/C19H27ClN2O2/c1-2-3-12-21-19(24)16-8-6-13-22(14-16)18(23)11-10-15-7-4-5-9-17(15)20/h4-5,7,9,16H,2-3,6,8,10-14H2,1H3,(H,21,24). The Morgan fingerprint density at radius 1 is 1.33 bits per heavy atom. The van der Waals surface area contributed by atoms with Crippen LogP contribution in [0.1, 0.15) is 44.6 Å². The van der Waals surface area contributed by atoms with Gasteiger partial charge in [0.1, 0.15) is 0 Å². The Kier molecular flexibility index (Phi) is 7.57. The van der Waals surface area contributed by atoms with Crippen LogP contribution in [-0.2, 0) is 16.0 Å². The fourth-order valence-electron chi connectivity index (χ4n) is 3.05. The molecule has 0 aromatic heterocycles. The Balaban J connectivity index is 1.81. The van der Waals surface area contributed by atoms with Crippen molar-refractivity contribution in [2.45, 2.75) is 45.4 Å². The molecule has 0 saturated carbocycles. The van der Waals surface area contributed by atoms with Gasteiger partial charge in [0.25, 0.3) is 0 Å². The van der Waals surface area contributed by atoms with Crippen LogP contribution < -0.4 is 5.32 Å². The molecule has 1 aromatic rings. The van der Waals surface area contributed by atoms with Gasteiger partial charge in [-0.3, -0.25) is 9.59 Å². The van der Waals surface area contributed by atoms with Gasteiger partial charge in [-0.1, -0.05) is 43.1 Å². The summed E-state index contributed by atoms with van der Waals surface area (Å²) in [5.74, 6) is 0.132. The largest absolute Gasteiger partial charge is 0.356 e. The lowest BCUT2D eigenvalue weighted by molar-refractivity contribution is -0.135. The maximum Gasteiger partial charge on any atom is 0.224 e. The van der Waals surface area contributed by atoms with E-state index < -0.39 is 0 Å². The lowest BCUT2D eigenvalue weighted by atomic mass is 9.96. The summed E-state index contributed by atoms with van der Waals surface area (Å²) in [6.07, 6.45) is 4.91. The summed E-state index contributed by atoms with van der Waals surface area (Å²) in [6.45, 7) is 4.12. The first-order chi connectivity index (χ1) is 11.6. The van der Waals surface area contributed by atoms with Crippen LogP contribution in [0.2, 0.25) is 5.02 Å². The molecular formula is C19H27ClN2O2. The molecule has 0 spiro atoms. The second-order valence-corrected chi connectivity index (χ2v) is 6.82. The molecule has 24 heavy (non-hydrogen) atoms. The van der Waals surface area contributed by atoms with E-state index in [9.17, 15) is 9.59 Å². The first-order valence-electron chi connectivity index (χ1n) is 8.90. The molecule has 2 rings (SSSR count). The van der Waals surface area contributed by atoms with Gasteiger partial charge in [0, 0.05) is 31.1 Å². The third kappa shape index (κ3) is 5.52. The summed E-state index contributed by atoms with van der Waals surface area (Å²) >= 11 is 6.14. The van der Waals surface area contributed by atoms with Crippen LogP contribution in [0.3, 0.4) is 0 Å². The Morgan fingerprint density at radius 2 is 2.12 bits per heavy atom. The lowest BCUT2D eigenvalue weighted by Gasteiger charge is -2.32. The fourth-order valence-corrected chi connectivity index (χ4v) is 3.28. The number of hydrogen-bond donors (Lipinski definition) is 1. The van der Waals surface area contributed by atoms with Crippen molar-refractivity contribution in [1.29, 1.82) is 0 Å². The van der Waals surface area contributed by atoms with Gasteiger partial charge in [-0.15, -0.1) is 0 Å². The topological polar surface area (TPSA) is 49.4 Å². The third-order valence-electron chi connectivity index (χ3n) is 4.54. The summed E-state index contributed by atoms with van der Waals surface area (Å²) in [4.78, 5) is 26.5. The van der Waals surface area contributed by atoms with Gasteiger partial charge in [0.2, 0.25) is 11.8 Å². The number of benzene rings is 1. The summed E-state index contributed by atoms with van der Waals surface area (Å²) in [5.41, 5.74) is 0.999. The number of nitrogens with one attached hydrogen (secondary N) is 1. The average Bonchev–Trinajstić information content (AvgIpc) is 2.61. The van der Waals surface area contributed by atoms with E-state index in [1.54, 1.807) is 0 Å². The lowest BCUT2D eigenvalue weighted by Crippen LogP contribution is -2.45. The minimum absolute atomic E-state index is 0.0696. The molecule has 0 bridgehead atoms. The molecule has 1 heterocycles. The van der Waals surface area contributed by atoms with Crippen molar-refractivity contribution < 1.29 is 9.59 Å². The van der Waals surface area contributed by atoms with Gasteiger partial charge in [-0.05, 0) is 37.3 Å². The average molecular weight is 351 g/mol. The minimum atomic E-state index is -0.0696. The predicted octanol–water partition coefficient (Wildman–Crippen LogP) is 3.43. The van der Waals surface area contributed by atoms with Gasteiger partial charge in [-0.25, -0.2) is 0 Å². The molecule has 1 unspecified atom stereocenters. The number of aryl methyl sites for hydroxylation is 1. The molecule has 0 aliphatic carbocycles. The number of piperidine rings is 1. The monoisotopic (exact) mass is 350 g/mol. The highest BCUT2D eigenvalue weighted by atomic mass is 35.5. The number of carbonyl (C=O) groups is 2. The molecule has 4 nitrogen and oxygen atoms in total. The molecule has 2 amide bonds. The highest BCUT2D eigenvalue weighted by Crippen LogP contribution is 2.20. The molecule has 1 aliphatic rings. The van der Waals surface area contributed by atoms with Crippen molar-refractivity contribution in [3.05, 3.63) is 34.9 Å². The summed E-state index contributed by atoms with van der Waals surface area (Å²) in [7, 11) is 0. The molecule has 1 aliphatic heterocycles. The minimum Gasteiger partial charge on any atom is -0.356 e. The Labute approximate surface area is 149 Å². The predicted molar refractivity (Wildman–Crippen MR) is 97.0 cm³/mol. The van der Waals surface area contributed by atoms with Crippen molar-refractivity contribution in [2.24, 2.45) is 5.92 Å². The number of hydrogen-bond acceptors (Lipinski definition) is 2. The van der Waals surface area contributed by atoms with E-state index >= 15 is 0 Å². The van der Waals surface area contributed by atoms with Crippen molar-refractivity contribution in [2.75, 3.05) is 19.6 Å². The quantitative estimate of drug-likeness (QED) is 0.766. The van der Waals surface area contributed by atoms with Gasteiger partial charge in [0.05, 0.1) is 5.92 Å². The van der Waals surface area contributed by atoms with Crippen molar-refractivity contribution in [1.82, 2.24) is 10.2 Å². The zero-order valence-corrected chi connectivity index (χ0v) is 15.1. The van der Waals surface area contributed by atoms with Crippen LogP contribution in [0.25, 0.3) is 0 Å². The number of carbonyl (C=O) groups excluding carboxylic acids is 2. The van der Waals surface area contributed by atoms with E-state index in [4.69, 9.17) is 11.6 Å². The van der Waals surface area contributed by atoms with Crippen molar-refractivity contribution >= 4 is 23.4 Å². The second kappa shape index (κ2) is 9.67. The van der Waals surface area contributed by atoms with Gasteiger partial charge in [-0.2, -0.15) is 0 Å². The van der Waals surface area contributed by atoms with Gasteiger partial charge in [0.15, 0.2) is 0 Å². The van der Waals surface area contributed by atoms with Crippen molar-refractivity contribution in [3.63, 3.8) is 0 Å². The number of unbranched alkanes of at least 4 members (excludes halogenated alkanes) is 1. The van der Waals surface area contributed by atoms with Crippen LogP contribution in [0.4, 0.5) is 0 Å². The zero-order valence-electron chi connectivity index (χ0n) is 14.4. The van der Waals surface area contributed by atoms with E-state index in [1.165, 1.54) is 0 Å². The van der Waals surface area contributed by atoms with Gasteiger partial charge < -0.3 is 10.2 Å². The summed E-state index contributed by atoms with van der Waals surface area (Å²) < 4.78 is 0. The van der Waals surface area contributed by atoms with Gasteiger partial charge >= 0.3 is 0 Å². The number of amides is 2. The molecule has 0 radical (unpaired) electrons. The Hall–Kier alpha value is -1.55. The van der Waals surface area contributed by atoms with Crippen LogP contribution in [0.15, 0.2) is 24.3 Å². The maximum absolute atomic E-state index is 12.5. The number of nitrogens with zero attached hydrogens (tertiary/aromatic N) is 1.